The van der Waals surface area contributed by atoms with Gasteiger partial charge in [0.25, 0.3) is 0 Å². The standard InChI is InChI=1S/C13H11NO3/c1-17-10-5-2-4-9(8-10)12-11(13(15)16)6-3-7-14-12/h2-8H,1H3,(H,15,16). The van der Waals surface area contributed by atoms with Gasteiger partial charge in [0.2, 0.25) is 0 Å². The Balaban J connectivity index is 2.56. The zero-order chi connectivity index (χ0) is 12.3. The van der Waals surface area contributed by atoms with Crippen molar-refractivity contribution in [1.82, 2.24) is 4.98 Å². The molecule has 0 fully saturated rings. The molecule has 0 radical (unpaired) electrons. The minimum Gasteiger partial charge on any atom is -0.497 e. The Hall–Kier alpha value is -2.36. The molecule has 0 saturated heterocycles. The van der Waals surface area contributed by atoms with Gasteiger partial charge in [0, 0.05) is 11.8 Å². The van der Waals surface area contributed by atoms with Crippen LogP contribution in [0.1, 0.15) is 10.4 Å². The maximum Gasteiger partial charge on any atom is 0.337 e. The van der Waals surface area contributed by atoms with Gasteiger partial charge in [0.05, 0.1) is 18.4 Å². The van der Waals surface area contributed by atoms with E-state index in [1.54, 1.807) is 43.6 Å². The molecule has 0 atom stereocenters. The number of carboxylic acids is 1. The lowest BCUT2D eigenvalue weighted by atomic mass is 10.1. The van der Waals surface area contributed by atoms with Crippen molar-refractivity contribution < 1.29 is 14.6 Å². The van der Waals surface area contributed by atoms with Gasteiger partial charge in [-0.3, -0.25) is 4.98 Å². The van der Waals surface area contributed by atoms with E-state index in [2.05, 4.69) is 4.98 Å². The lowest BCUT2D eigenvalue weighted by Crippen LogP contribution is -2.01. The molecular weight excluding hydrogens is 218 g/mol. The van der Waals surface area contributed by atoms with E-state index in [-0.39, 0.29) is 5.56 Å². The SMILES string of the molecule is COc1cccc(-c2ncccc2C(=O)O)c1. The first kappa shape index (κ1) is 11.1. The Morgan fingerprint density at radius 3 is 2.82 bits per heavy atom. The third kappa shape index (κ3) is 2.25. The van der Waals surface area contributed by atoms with Crippen LogP contribution in [-0.2, 0) is 0 Å². The van der Waals surface area contributed by atoms with Crippen LogP contribution < -0.4 is 4.74 Å². The summed E-state index contributed by atoms with van der Waals surface area (Å²) >= 11 is 0. The fourth-order valence-electron chi connectivity index (χ4n) is 1.58. The van der Waals surface area contributed by atoms with Crippen LogP contribution in [0.15, 0.2) is 42.6 Å². The van der Waals surface area contributed by atoms with E-state index in [0.29, 0.717) is 11.4 Å². The van der Waals surface area contributed by atoms with Gasteiger partial charge in [-0.25, -0.2) is 4.79 Å². The number of aromatic nitrogens is 1. The Bertz CT molecular complexity index is 552. The Labute approximate surface area is 98.5 Å². The van der Waals surface area contributed by atoms with Crippen LogP contribution in [0.5, 0.6) is 5.75 Å². The van der Waals surface area contributed by atoms with Crippen molar-refractivity contribution >= 4 is 5.97 Å². The lowest BCUT2D eigenvalue weighted by molar-refractivity contribution is 0.0697. The van der Waals surface area contributed by atoms with E-state index < -0.39 is 5.97 Å². The largest absolute Gasteiger partial charge is 0.497 e. The molecule has 0 aliphatic heterocycles. The number of ether oxygens (including phenoxy) is 1. The van der Waals surface area contributed by atoms with Crippen molar-refractivity contribution in [3.63, 3.8) is 0 Å². The number of hydrogen-bond acceptors (Lipinski definition) is 3. The molecular formula is C13H11NO3. The van der Waals surface area contributed by atoms with Gasteiger partial charge in [0.15, 0.2) is 0 Å². The van der Waals surface area contributed by atoms with Crippen LogP contribution in [0, 0.1) is 0 Å². The van der Waals surface area contributed by atoms with E-state index in [9.17, 15) is 4.79 Å². The zero-order valence-corrected chi connectivity index (χ0v) is 9.25. The van der Waals surface area contributed by atoms with E-state index >= 15 is 0 Å². The minimum absolute atomic E-state index is 0.181. The van der Waals surface area contributed by atoms with Gasteiger partial charge in [-0.2, -0.15) is 0 Å². The number of benzene rings is 1. The molecule has 2 aromatic rings. The number of methoxy groups -OCH3 is 1. The number of aromatic carboxylic acids is 1. The average molecular weight is 229 g/mol. The van der Waals surface area contributed by atoms with Gasteiger partial charge in [-0.05, 0) is 24.3 Å². The third-order valence-corrected chi connectivity index (χ3v) is 2.38. The number of hydrogen-bond donors (Lipinski definition) is 1. The highest BCUT2D eigenvalue weighted by Gasteiger charge is 2.12. The van der Waals surface area contributed by atoms with Gasteiger partial charge >= 0.3 is 5.97 Å². The van der Waals surface area contributed by atoms with Crippen molar-refractivity contribution in [3.8, 4) is 17.0 Å². The normalized spacial score (nSPS) is 9.94. The smallest absolute Gasteiger partial charge is 0.337 e. The van der Waals surface area contributed by atoms with Crippen LogP contribution in [0.25, 0.3) is 11.3 Å². The zero-order valence-electron chi connectivity index (χ0n) is 9.25. The Morgan fingerprint density at radius 1 is 1.29 bits per heavy atom. The Kier molecular flexibility index (Phi) is 3.05. The monoisotopic (exact) mass is 229 g/mol. The first-order valence-electron chi connectivity index (χ1n) is 5.05. The van der Waals surface area contributed by atoms with Gasteiger partial charge in [-0.15, -0.1) is 0 Å². The molecule has 1 heterocycles. The fraction of sp³-hybridized carbons (Fsp3) is 0.0769. The highest BCUT2D eigenvalue weighted by molar-refractivity contribution is 5.94. The summed E-state index contributed by atoms with van der Waals surface area (Å²) in [5.41, 5.74) is 1.35. The van der Waals surface area contributed by atoms with Crippen LogP contribution >= 0.6 is 0 Å². The maximum atomic E-state index is 11.1. The molecule has 2 rings (SSSR count). The van der Waals surface area contributed by atoms with Crippen LogP contribution in [-0.4, -0.2) is 23.2 Å². The summed E-state index contributed by atoms with van der Waals surface area (Å²) in [6.45, 7) is 0. The first-order chi connectivity index (χ1) is 8.22. The number of carbonyl (C=O) groups is 1. The Morgan fingerprint density at radius 2 is 2.12 bits per heavy atom. The van der Waals surface area contributed by atoms with Crippen molar-refractivity contribution in [2.75, 3.05) is 7.11 Å². The van der Waals surface area contributed by atoms with Crippen molar-refractivity contribution in [1.29, 1.82) is 0 Å². The molecule has 17 heavy (non-hydrogen) atoms. The summed E-state index contributed by atoms with van der Waals surface area (Å²) in [4.78, 5) is 15.2. The summed E-state index contributed by atoms with van der Waals surface area (Å²) in [5, 5.41) is 9.08. The van der Waals surface area contributed by atoms with Crippen molar-refractivity contribution in [3.05, 3.63) is 48.2 Å². The molecule has 4 nitrogen and oxygen atoms in total. The average Bonchev–Trinajstić information content (AvgIpc) is 2.39. The van der Waals surface area contributed by atoms with E-state index in [1.165, 1.54) is 6.07 Å². The molecule has 4 heteroatoms. The summed E-state index contributed by atoms with van der Waals surface area (Å²) in [7, 11) is 1.57. The summed E-state index contributed by atoms with van der Waals surface area (Å²) in [6, 6.07) is 10.3. The van der Waals surface area contributed by atoms with Crippen LogP contribution in [0.4, 0.5) is 0 Å². The van der Waals surface area contributed by atoms with E-state index in [4.69, 9.17) is 9.84 Å². The van der Waals surface area contributed by atoms with Crippen LogP contribution in [0.3, 0.4) is 0 Å². The predicted molar refractivity (Wildman–Crippen MR) is 63.2 cm³/mol. The molecule has 1 aromatic heterocycles. The van der Waals surface area contributed by atoms with Gasteiger partial charge < -0.3 is 9.84 Å². The molecule has 1 aromatic carbocycles. The van der Waals surface area contributed by atoms with Crippen molar-refractivity contribution in [2.24, 2.45) is 0 Å². The molecule has 0 amide bonds. The topological polar surface area (TPSA) is 59.4 Å². The summed E-state index contributed by atoms with van der Waals surface area (Å²) in [5.74, 6) is -0.319. The first-order valence-corrected chi connectivity index (χ1v) is 5.05. The fourth-order valence-corrected chi connectivity index (χ4v) is 1.58. The van der Waals surface area contributed by atoms with E-state index in [1.807, 2.05) is 0 Å². The minimum atomic E-state index is -0.990. The van der Waals surface area contributed by atoms with Gasteiger partial charge in [-0.1, -0.05) is 12.1 Å². The molecule has 0 unspecified atom stereocenters. The third-order valence-electron chi connectivity index (χ3n) is 2.38. The second kappa shape index (κ2) is 4.65. The highest BCUT2D eigenvalue weighted by atomic mass is 16.5. The number of nitrogens with zero attached hydrogens (tertiary/aromatic N) is 1. The number of rotatable bonds is 3. The number of carboxylic acid groups (broad SMARTS) is 1. The summed E-state index contributed by atoms with van der Waals surface area (Å²) in [6.07, 6.45) is 1.57. The maximum absolute atomic E-state index is 11.1. The molecule has 0 bridgehead atoms. The predicted octanol–water partition coefficient (Wildman–Crippen LogP) is 2.46. The molecule has 1 N–H and O–H groups in total. The van der Waals surface area contributed by atoms with Crippen LogP contribution in [0.2, 0.25) is 0 Å². The molecule has 0 saturated carbocycles. The second-order valence-electron chi connectivity index (χ2n) is 3.44. The van der Waals surface area contributed by atoms with E-state index in [0.717, 1.165) is 5.56 Å². The number of pyridine rings is 1. The lowest BCUT2D eigenvalue weighted by Gasteiger charge is -2.06. The molecule has 0 aliphatic carbocycles. The van der Waals surface area contributed by atoms with Crippen molar-refractivity contribution in [2.45, 2.75) is 0 Å². The molecule has 0 aliphatic rings. The summed E-state index contributed by atoms with van der Waals surface area (Å²) < 4.78 is 5.10. The molecule has 86 valence electrons. The van der Waals surface area contributed by atoms with Gasteiger partial charge in [0.1, 0.15) is 5.75 Å². The highest BCUT2D eigenvalue weighted by Crippen LogP contribution is 2.24. The quantitative estimate of drug-likeness (QED) is 0.878. The molecule has 0 spiro atoms. The second-order valence-corrected chi connectivity index (χ2v) is 3.44.